The van der Waals surface area contributed by atoms with Crippen molar-refractivity contribution in [1.29, 1.82) is 0 Å². The fourth-order valence-corrected chi connectivity index (χ4v) is 8.50. The van der Waals surface area contributed by atoms with Crippen LogP contribution in [0.4, 0.5) is 0 Å². The number of halogens is 1. The molecule has 0 saturated carbocycles. The van der Waals surface area contributed by atoms with Gasteiger partial charge in [-0.2, -0.15) is 0 Å². The third kappa shape index (κ3) is 2.47. The average molecular weight is 337 g/mol. The van der Waals surface area contributed by atoms with Crippen molar-refractivity contribution in [2.24, 2.45) is 0 Å². The maximum atomic E-state index is 7.66. The van der Waals surface area contributed by atoms with Crippen molar-refractivity contribution in [2.45, 2.75) is 0 Å². The summed E-state index contributed by atoms with van der Waals surface area (Å²) in [5, 5.41) is 3.32. The molecule has 0 saturated heterocycles. The Kier molecular flexibility index (Phi) is 4.27. The molecule has 3 aromatic carbocycles. The van der Waals surface area contributed by atoms with Gasteiger partial charge in [0.25, 0.3) is 0 Å². The van der Waals surface area contributed by atoms with Crippen molar-refractivity contribution in [1.82, 2.24) is 0 Å². The Labute approximate surface area is 142 Å². The molecule has 3 rings (SSSR count). The minimum atomic E-state index is -3.19. The number of terminal acetylenes is 1. The Bertz CT molecular complexity index is 721. The van der Waals surface area contributed by atoms with E-state index in [9.17, 15) is 0 Å². The first-order valence-corrected chi connectivity index (χ1v) is 10.9. The third-order valence-electron chi connectivity index (χ3n) is 4.27. The van der Waals surface area contributed by atoms with Crippen LogP contribution < -0.4 is 15.9 Å². The number of hydrogen-bond acceptors (Lipinski definition) is 0. The Balaban J connectivity index is 2.44. The van der Waals surface area contributed by atoms with E-state index in [-0.39, 0.29) is 0 Å². The number of rotatable bonds is 4. The Morgan fingerprint density at radius 2 is 0.957 bits per heavy atom. The second kappa shape index (κ2) is 6.21. The topological polar surface area (TPSA) is 0 Å². The molecule has 3 aromatic rings. The third-order valence-corrected chi connectivity index (χ3v) is 11.3. The van der Waals surface area contributed by atoms with Crippen molar-refractivity contribution in [2.75, 3.05) is 6.16 Å². The van der Waals surface area contributed by atoms with Crippen molar-refractivity contribution in [3.05, 3.63) is 91.0 Å². The summed E-state index contributed by atoms with van der Waals surface area (Å²) < 4.78 is 0. The molecule has 0 aromatic heterocycles. The summed E-state index contributed by atoms with van der Waals surface area (Å²) in [5.74, 6) is -0.323. The molecule has 0 N–H and O–H groups in total. The first kappa shape index (κ1) is 15.8. The predicted octanol–water partition coefficient (Wildman–Crippen LogP) is 4.30. The second-order valence-corrected chi connectivity index (χ2v) is 12.0. The van der Waals surface area contributed by atoms with Crippen molar-refractivity contribution in [3.8, 4) is 12.3 Å². The Hall–Kier alpha value is -2.06. The van der Waals surface area contributed by atoms with Gasteiger partial charge in [0.2, 0.25) is 0 Å². The molecule has 0 aliphatic heterocycles. The van der Waals surface area contributed by atoms with Crippen LogP contribution in [0, 0.1) is 12.3 Å². The van der Waals surface area contributed by atoms with Crippen LogP contribution in [-0.4, -0.2) is 6.16 Å². The standard InChI is InChI=1S/C21H18ClP/c1-2-18-23(22,19-12-6-3-7-13-19,20-14-8-4-9-15-20)21-16-10-5-11-17-21/h1,3-17H,18H2. The van der Waals surface area contributed by atoms with Gasteiger partial charge >= 0.3 is 143 Å². The number of benzene rings is 3. The molecule has 0 unspecified atom stereocenters. The molecule has 114 valence electrons. The van der Waals surface area contributed by atoms with Crippen LogP contribution in [0.15, 0.2) is 91.0 Å². The van der Waals surface area contributed by atoms with Crippen LogP contribution in [0.25, 0.3) is 0 Å². The Morgan fingerprint density at radius 1 is 0.652 bits per heavy atom. The summed E-state index contributed by atoms with van der Waals surface area (Å²) in [6, 6.07) is 30.8. The summed E-state index contributed by atoms with van der Waals surface area (Å²) >= 11 is 7.66. The van der Waals surface area contributed by atoms with E-state index in [1.54, 1.807) is 0 Å². The number of hydrogen-bond donors (Lipinski definition) is 0. The molecule has 0 radical (unpaired) electrons. The monoisotopic (exact) mass is 336 g/mol. The quantitative estimate of drug-likeness (QED) is 0.492. The van der Waals surface area contributed by atoms with Crippen LogP contribution in [0.5, 0.6) is 0 Å². The summed E-state index contributed by atoms with van der Waals surface area (Å²) in [5.41, 5.74) is 0. The van der Waals surface area contributed by atoms with Crippen molar-refractivity contribution >= 4 is 33.1 Å². The molecule has 23 heavy (non-hydrogen) atoms. The average Bonchev–Trinajstić information content (AvgIpc) is 2.64. The molecule has 2 heteroatoms. The van der Waals surface area contributed by atoms with E-state index >= 15 is 0 Å². The molecule has 0 atom stereocenters. The normalized spacial score (nSPS) is 12.8. The zero-order valence-corrected chi connectivity index (χ0v) is 14.4. The van der Waals surface area contributed by atoms with Crippen molar-refractivity contribution < 1.29 is 0 Å². The fourth-order valence-electron chi connectivity index (χ4n) is 3.11. The molecule has 0 amide bonds. The maximum absolute atomic E-state index is 7.66. The van der Waals surface area contributed by atoms with E-state index in [2.05, 4.69) is 42.3 Å². The minimum absolute atomic E-state index is 0.491. The fraction of sp³-hybridized carbons (Fsp3) is 0.0476. The molecule has 0 aliphatic carbocycles. The zero-order valence-electron chi connectivity index (χ0n) is 12.8. The second-order valence-electron chi connectivity index (χ2n) is 5.55. The molecule has 0 spiro atoms. The van der Waals surface area contributed by atoms with Crippen LogP contribution >= 0.6 is 17.2 Å². The van der Waals surface area contributed by atoms with E-state index < -0.39 is 5.96 Å². The van der Waals surface area contributed by atoms with E-state index in [1.807, 2.05) is 54.6 Å². The van der Waals surface area contributed by atoms with Gasteiger partial charge in [0.15, 0.2) is 0 Å². The summed E-state index contributed by atoms with van der Waals surface area (Å²) in [6.45, 7) is 0. The van der Waals surface area contributed by atoms with Crippen molar-refractivity contribution in [3.63, 3.8) is 0 Å². The van der Waals surface area contributed by atoms with Crippen LogP contribution in [-0.2, 0) is 0 Å². The van der Waals surface area contributed by atoms with Gasteiger partial charge in [0.05, 0.1) is 0 Å². The summed E-state index contributed by atoms with van der Waals surface area (Å²) in [4.78, 5) is 0. The molecular formula is C21H18ClP. The SMILES string of the molecule is C#CCP(Cl)(c1ccccc1)(c1ccccc1)c1ccccc1. The van der Waals surface area contributed by atoms with Crippen LogP contribution in [0.2, 0.25) is 0 Å². The summed E-state index contributed by atoms with van der Waals surface area (Å²) in [7, 11) is 0. The van der Waals surface area contributed by atoms with Gasteiger partial charge in [-0.05, 0) is 0 Å². The zero-order chi connectivity index (χ0) is 16.2. The van der Waals surface area contributed by atoms with Gasteiger partial charge in [-0.25, -0.2) is 0 Å². The van der Waals surface area contributed by atoms with E-state index in [4.69, 9.17) is 17.7 Å². The van der Waals surface area contributed by atoms with E-state index in [1.165, 1.54) is 0 Å². The molecule has 0 bridgehead atoms. The predicted molar refractivity (Wildman–Crippen MR) is 105 cm³/mol. The van der Waals surface area contributed by atoms with Gasteiger partial charge < -0.3 is 0 Å². The van der Waals surface area contributed by atoms with Gasteiger partial charge in [-0.15, -0.1) is 0 Å². The van der Waals surface area contributed by atoms with E-state index in [0.29, 0.717) is 6.16 Å². The van der Waals surface area contributed by atoms with Gasteiger partial charge in [-0.1, -0.05) is 0 Å². The molecule has 0 aliphatic rings. The van der Waals surface area contributed by atoms with Crippen LogP contribution in [0.3, 0.4) is 0 Å². The van der Waals surface area contributed by atoms with Crippen LogP contribution in [0.1, 0.15) is 0 Å². The first-order chi connectivity index (χ1) is 11.2. The van der Waals surface area contributed by atoms with Gasteiger partial charge in [-0.3, -0.25) is 0 Å². The first-order valence-electron chi connectivity index (χ1n) is 7.53. The van der Waals surface area contributed by atoms with Gasteiger partial charge in [0, 0.05) is 0 Å². The molecule has 0 nitrogen and oxygen atoms in total. The molecule has 0 heterocycles. The Morgan fingerprint density at radius 3 is 1.22 bits per heavy atom. The van der Waals surface area contributed by atoms with E-state index in [0.717, 1.165) is 15.9 Å². The molecule has 0 fully saturated rings. The molecular weight excluding hydrogens is 319 g/mol. The summed E-state index contributed by atoms with van der Waals surface area (Å²) in [6.07, 6.45) is 6.30. The van der Waals surface area contributed by atoms with Gasteiger partial charge in [0.1, 0.15) is 0 Å².